The molecule has 122 valence electrons. The fourth-order valence-corrected chi connectivity index (χ4v) is 2.16. The number of aryl methyl sites for hydroxylation is 1. The molecule has 0 radical (unpaired) electrons. The first-order chi connectivity index (χ1) is 11.7. The molecular weight excluding hydrogens is 304 g/mol. The summed E-state index contributed by atoms with van der Waals surface area (Å²) in [5.41, 5.74) is 2.74. The Morgan fingerprint density at radius 3 is 2.79 bits per heavy atom. The third-order valence-electron chi connectivity index (χ3n) is 3.36. The van der Waals surface area contributed by atoms with E-state index in [4.69, 9.17) is 4.74 Å². The molecule has 0 bridgehead atoms. The molecule has 0 saturated carbocycles. The van der Waals surface area contributed by atoms with Crippen LogP contribution >= 0.6 is 0 Å². The first-order valence-corrected chi connectivity index (χ1v) is 7.63. The zero-order valence-corrected chi connectivity index (χ0v) is 13.3. The van der Waals surface area contributed by atoms with E-state index in [0.717, 1.165) is 16.9 Å². The maximum atomic E-state index is 11.9. The third-order valence-corrected chi connectivity index (χ3v) is 3.36. The summed E-state index contributed by atoms with van der Waals surface area (Å²) in [7, 11) is 0. The van der Waals surface area contributed by atoms with Crippen LogP contribution in [0.4, 0.5) is 0 Å². The Kier molecular flexibility index (Phi) is 4.86. The van der Waals surface area contributed by atoms with Gasteiger partial charge in [0.05, 0.1) is 11.9 Å². The molecule has 0 aliphatic carbocycles. The number of nitrogens with zero attached hydrogens (tertiary/aromatic N) is 3. The van der Waals surface area contributed by atoms with Crippen LogP contribution in [-0.4, -0.2) is 27.3 Å². The molecule has 1 N–H and O–H groups in total. The lowest BCUT2D eigenvalue weighted by atomic mass is 10.3. The van der Waals surface area contributed by atoms with Crippen LogP contribution in [0.1, 0.15) is 11.3 Å². The number of para-hydroxylation sites is 1. The van der Waals surface area contributed by atoms with E-state index >= 15 is 0 Å². The Labute approximate surface area is 140 Å². The number of benzene rings is 1. The summed E-state index contributed by atoms with van der Waals surface area (Å²) in [6.45, 7) is 2.21. The molecule has 6 heteroatoms. The Hall–Kier alpha value is -3.15. The van der Waals surface area contributed by atoms with Gasteiger partial charge in [-0.25, -0.2) is 9.67 Å². The minimum atomic E-state index is -0.203. The van der Waals surface area contributed by atoms with Gasteiger partial charge in [-0.15, -0.1) is 0 Å². The zero-order valence-electron chi connectivity index (χ0n) is 13.3. The molecule has 0 atom stereocenters. The molecule has 6 nitrogen and oxygen atoms in total. The summed E-state index contributed by atoms with van der Waals surface area (Å²) >= 11 is 0. The molecular formula is C18H18N4O2. The number of carbonyl (C=O) groups excluding carboxylic acids is 1. The van der Waals surface area contributed by atoms with E-state index in [9.17, 15) is 4.79 Å². The van der Waals surface area contributed by atoms with E-state index in [-0.39, 0.29) is 12.5 Å². The molecule has 0 aliphatic rings. The first-order valence-electron chi connectivity index (χ1n) is 7.63. The van der Waals surface area contributed by atoms with Gasteiger partial charge in [0, 0.05) is 30.1 Å². The van der Waals surface area contributed by atoms with Crippen LogP contribution < -0.4 is 10.1 Å². The van der Waals surface area contributed by atoms with Crippen LogP contribution in [0.3, 0.4) is 0 Å². The predicted molar refractivity (Wildman–Crippen MR) is 89.9 cm³/mol. The quantitative estimate of drug-likeness (QED) is 0.756. The summed E-state index contributed by atoms with van der Waals surface area (Å²) < 4.78 is 7.14. The van der Waals surface area contributed by atoms with E-state index in [2.05, 4.69) is 15.4 Å². The summed E-state index contributed by atoms with van der Waals surface area (Å²) in [5, 5.41) is 7.10. The summed E-state index contributed by atoms with van der Waals surface area (Å²) in [6, 6.07) is 15.2. The molecule has 0 unspecified atom stereocenters. The van der Waals surface area contributed by atoms with Crippen molar-refractivity contribution in [3.63, 3.8) is 0 Å². The van der Waals surface area contributed by atoms with Gasteiger partial charge in [-0.2, -0.15) is 5.10 Å². The van der Waals surface area contributed by atoms with E-state index in [0.29, 0.717) is 12.4 Å². The number of ether oxygens (including phenoxy) is 1. The number of amides is 1. The van der Waals surface area contributed by atoms with Crippen LogP contribution in [0.25, 0.3) is 5.69 Å². The number of aromatic nitrogens is 3. The van der Waals surface area contributed by atoms with Crippen molar-refractivity contribution >= 4 is 5.91 Å². The lowest BCUT2D eigenvalue weighted by Gasteiger charge is -2.06. The second-order valence-corrected chi connectivity index (χ2v) is 5.31. The number of pyridine rings is 1. The van der Waals surface area contributed by atoms with Gasteiger partial charge in [0.25, 0.3) is 5.91 Å². The van der Waals surface area contributed by atoms with Crippen molar-refractivity contribution in [2.75, 3.05) is 6.61 Å². The fourth-order valence-electron chi connectivity index (χ4n) is 2.16. The molecule has 0 spiro atoms. The molecule has 0 aliphatic heterocycles. The number of nitrogens with one attached hydrogen (secondary N) is 1. The lowest BCUT2D eigenvalue weighted by Crippen LogP contribution is -2.28. The van der Waals surface area contributed by atoms with Gasteiger partial charge >= 0.3 is 0 Å². The summed E-state index contributed by atoms with van der Waals surface area (Å²) in [6.07, 6.45) is 3.62. The topological polar surface area (TPSA) is 69.0 Å². The highest BCUT2D eigenvalue weighted by molar-refractivity contribution is 5.77. The number of rotatable bonds is 6. The smallest absolute Gasteiger partial charge is 0.258 e. The van der Waals surface area contributed by atoms with Gasteiger partial charge < -0.3 is 10.1 Å². The molecule has 24 heavy (non-hydrogen) atoms. The minimum absolute atomic E-state index is 0.0662. The second kappa shape index (κ2) is 7.41. The molecule has 0 fully saturated rings. The first kappa shape index (κ1) is 15.7. The van der Waals surface area contributed by atoms with Crippen molar-refractivity contribution in [2.45, 2.75) is 13.5 Å². The third kappa shape index (κ3) is 4.19. The maximum absolute atomic E-state index is 11.9. The van der Waals surface area contributed by atoms with Crippen molar-refractivity contribution in [1.29, 1.82) is 0 Å². The van der Waals surface area contributed by atoms with Crippen molar-refractivity contribution in [1.82, 2.24) is 20.1 Å². The van der Waals surface area contributed by atoms with Gasteiger partial charge in [0.2, 0.25) is 5.88 Å². The SMILES string of the molecule is Cc1cccc(OCC(=O)NCc2cnn(-c3ccccc3)c2)n1. The van der Waals surface area contributed by atoms with E-state index in [1.165, 1.54) is 0 Å². The Morgan fingerprint density at radius 2 is 2.00 bits per heavy atom. The van der Waals surface area contributed by atoms with E-state index in [1.807, 2.05) is 55.6 Å². The summed E-state index contributed by atoms with van der Waals surface area (Å²) in [5.74, 6) is 0.243. The standard InChI is InChI=1S/C18H18N4O2/c1-14-6-5-9-18(21-14)24-13-17(23)19-10-15-11-20-22(12-15)16-7-3-2-4-8-16/h2-9,11-12H,10,13H2,1H3,(H,19,23). The number of hydrogen-bond acceptors (Lipinski definition) is 4. The van der Waals surface area contributed by atoms with Gasteiger partial charge in [0.15, 0.2) is 6.61 Å². The lowest BCUT2D eigenvalue weighted by molar-refractivity contribution is -0.123. The predicted octanol–water partition coefficient (Wildman–Crippen LogP) is 2.27. The van der Waals surface area contributed by atoms with Crippen molar-refractivity contribution in [3.05, 3.63) is 72.2 Å². The normalized spacial score (nSPS) is 10.4. The highest BCUT2D eigenvalue weighted by atomic mass is 16.5. The Bertz CT molecular complexity index is 815. The van der Waals surface area contributed by atoms with Crippen LogP contribution in [0.2, 0.25) is 0 Å². The maximum Gasteiger partial charge on any atom is 0.258 e. The number of hydrogen-bond donors (Lipinski definition) is 1. The monoisotopic (exact) mass is 322 g/mol. The second-order valence-electron chi connectivity index (χ2n) is 5.31. The van der Waals surface area contributed by atoms with Crippen molar-refractivity contribution < 1.29 is 9.53 Å². The Balaban J connectivity index is 1.49. The largest absolute Gasteiger partial charge is 0.468 e. The highest BCUT2D eigenvalue weighted by Gasteiger charge is 2.05. The van der Waals surface area contributed by atoms with Crippen LogP contribution in [0.5, 0.6) is 5.88 Å². The van der Waals surface area contributed by atoms with Gasteiger partial charge in [-0.1, -0.05) is 24.3 Å². The van der Waals surface area contributed by atoms with E-state index < -0.39 is 0 Å². The Morgan fingerprint density at radius 1 is 1.17 bits per heavy atom. The fraction of sp³-hybridized carbons (Fsp3) is 0.167. The molecule has 2 aromatic heterocycles. The highest BCUT2D eigenvalue weighted by Crippen LogP contribution is 2.08. The van der Waals surface area contributed by atoms with Crippen LogP contribution in [-0.2, 0) is 11.3 Å². The molecule has 1 aromatic carbocycles. The van der Waals surface area contributed by atoms with Gasteiger partial charge in [0.1, 0.15) is 0 Å². The van der Waals surface area contributed by atoms with Gasteiger partial charge in [-0.3, -0.25) is 4.79 Å². The van der Waals surface area contributed by atoms with Crippen molar-refractivity contribution in [2.24, 2.45) is 0 Å². The van der Waals surface area contributed by atoms with Crippen LogP contribution in [0, 0.1) is 6.92 Å². The molecule has 1 amide bonds. The molecule has 0 saturated heterocycles. The van der Waals surface area contributed by atoms with Gasteiger partial charge in [-0.05, 0) is 25.1 Å². The molecule has 3 rings (SSSR count). The average Bonchev–Trinajstić information content (AvgIpc) is 3.08. The van der Waals surface area contributed by atoms with Crippen LogP contribution in [0.15, 0.2) is 60.9 Å². The molecule has 2 heterocycles. The number of carbonyl (C=O) groups is 1. The van der Waals surface area contributed by atoms with E-state index in [1.54, 1.807) is 16.9 Å². The van der Waals surface area contributed by atoms with Crippen molar-refractivity contribution in [3.8, 4) is 11.6 Å². The average molecular weight is 322 g/mol. The zero-order chi connectivity index (χ0) is 16.8. The molecule has 3 aromatic rings. The minimum Gasteiger partial charge on any atom is -0.468 e. The summed E-state index contributed by atoms with van der Waals surface area (Å²) in [4.78, 5) is 16.0.